The number of hydrogen-bond acceptors (Lipinski definition) is 7. The van der Waals surface area contributed by atoms with Crippen molar-refractivity contribution >= 4 is 11.9 Å². The zero-order chi connectivity index (χ0) is 11.7. The first kappa shape index (κ1) is 26.1. The van der Waals surface area contributed by atoms with Gasteiger partial charge in [0.25, 0.3) is 0 Å². The van der Waals surface area contributed by atoms with Crippen LogP contribution in [-0.2, 0) is 9.59 Å². The van der Waals surface area contributed by atoms with Gasteiger partial charge in [-0.25, -0.2) is 0 Å². The normalized spacial score (nSPS) is 11.8. The Morgan fingerprint density at radius 2 is 1.31 bits per heavy atom. The van der Waals surface area contributed by atoms with E-state index in [0.717, 1.165) is 6.42 Å². The molecule has 0 aliphatic carbocycles. The second kappa shape index (κ2) is 16.5. The van der Waals surface area contributed by atoms with Gasteiger partial charge in [0.1, 0.15) is 12.2 Å². The number of rotatable bonds is 4. The predicted octanol–water partition coefficient (Wildman–Crippen LogP) is -10.4. The molecule has 2 atom stereocenters. The molecule has 0 saturated heterocycles. The van der Waals surface area contributed by atoms with Gasteiger partial charge < -0.3 is 35.1 Å². The molecule has 0 amide bonds. The second-order valence-electron chi connectivity index (χ2n) is 2.25. The molecule has 0 aliphatic rings. The van der Waals surface area contributed by atoms with Crippen molar-refractivity contribution in [2.75, 3.05) is 6.61 Å². The van der Waals surface area contributed by atoms with Gasteiger partial charge in [-0.05, 0) is 6.42 Å². The first-order valence-corrected chi connectivity index (χ1v) is 3.77. The number of carboxylic acids is 2. The fraction of sp³-hybridized carbons (Fsp3) is 0.714. The number of hydrogen-bond donors (Lipinski definition) is 3. The quantitative estimate of drug-likeness (QED) is 0.431. The standard InChI is InChI=1S/C4H6O6.C3H8O.K.Na/c5-1(3(7)8)2(6)4(9)10;1-2-3-4;;/h1-2,5-6H,(H,7,8)(H,9,10);4H,2-3H2,1H3;;/q;;2*+1/p-2. The molecule has 0 bridgehead atoms. The minimum atomic E-state index is -2.44. The molecule has 0 aromatic heterocycles. The molecule has 0 radical (unpaired) electrons. The third-order valence-corrected chi connectivity index (χ3v) is 1.01. The molecule has 0 spiro atoms. The predicted molar refractivity (Wildman–Crippen MR) is 39.4 cm³/mol. The van der Waals surface area contributed by atoms with Gasteiger partial charge in [-0.15, -0.1) is 0 Å². The maximum atomic E-state index is 9.63. The molecule has 3 N–H and O–H groups in total. The molecule has 7 nitrogen and oxygen atoms in total. The van der Waals surface area contributed by atoms with Gasteiger partial charge in [-0.3, -0.25) is 0 Å². The maximum Gasteiger partial charge on any atom is 1.00 e. The molecule has 84 valence electrons. The van der Waals surface area contributed by atoms with Gasteiger partial charge in [-0.2, -0.15) is 0 Å². The number of carbonyl (C=O) groups is 2. The van der Waals surface area contributed by atoms with Crippen LogP contribution in [0.4, 0.5) is 0 Å². The Morgan fingerprint density at radius 3 is 1.38 bits per heavy atom. The minimum Gasteiger partial charge on any atom is -0.547 e. The van der Waals surface area contributed by atoms with Crippen molar-refractivity contribution in [2.45, 2.75) is 25.6 Å². The van der Waals surface area contributed by atoms with E-state index in [-0.39, 0.29) is 80.9 Å². The molecule has 0 rings (SSSR count). The summed E-state index contributed by atoms with van der Waals surface area (Å²) in [5.41, 5.74) is 0. The molecule has 2 unspecified atom stereocenters. The SMILES string of the molecule is CCCO.O=C([O-])C(O)C(O)C(=O)[O-].[K+].[Na+]. The van der Waals surface area contributed by atoms with Crippen molar-refractivity contribution in [3.8, 4) is 0 Å². The molecule has 0 heterocycles. The zero-order valence-corrected chi connectivity index (χ0v) is 14.7. The Kier molecular flexibility index (Phi) is 26.9. The fourth-order valence-corrected chi connectivity index (χ4v) is 0.258. The van der Waals surface area contributed by atoms with Crippen molar-refractivity contribution in [3.63, 3.8) is 0 Å². The van der Waals surface area contributed by atoms with Crippen LogP contribution in [0.3, 0.4) is 0 Å². The molecule has 0 aromatic rings. The summed E-state index contributed by atoms with van der Waals surface area (Å²) in [4.78, 5) is 19.3. The minimum absolute atomic E-state index is 0. The van der Waals surface area contributed by atoms with Crippen LogP contribution in [0.25, 0.3) is 0 Å². The van der Waals surface area contributed by atoms with E-state index < -0.39 is 24.1 Å². The van der Waals surface area contributed by atoms with Crippen molar-refractivity contribution in [2.24, 2.45) is 0 Å². The number of carboxylic acid groups (broad SMARTS) is 2. The van der Waals surface area contributed by atoms with Crippen LogP contribution in [0.1, 0.15) is 13.3 Å². The molecular weight excluding hydrogens is 258 g/mol. The average molecular weight is 270 g/mol. The summed E-state index contributed by atoms with van der Waals surface area (Å²) in [5, 5.41) is 43.6. The summed E-state index contributed by atoms with van der Waals surface area (Å²) < 4.78 is 0. The monoisotopic (exact) mass is 270 g/mol. The molecule has 0 fully saturated rings. The maximum absolute atomic E-state index is 9.63. The number of carbonyl (C=O) groups excluding carboxylic acids is 2. The van der Waals surface area contributed by atoms with Gasteiger partial charge in [0, 0.05) is 6.61 Å². The van der Waals surface area contributed by atoms with Crippen molar-refractivity contribution < 1.29 is 116 Å². The van der Waals surface area contributed by atoms with Crippen molar-refractivity contribution in [1.29, 1.82) is 0 Å². The third-order valence-electron chi connectivity index (χ3n) is 1.01. The van der Waals surface area contributed by atoms with Gasteiger partial charge in [0.15, 0.2) is 0 Å². The summed E-state index contributed by atoms with van der Waals surface area (Å²) in [5.74, 6) is -4.12. The van der Waals surface area contributed by atoms with Crippen LogP contribution in [0, 0.1) is 0 Å². The molecule has 0 saturated carbocycles. The fourth-order valence-electron chi connectivity index (χ4n) is 0.258. The van der Waals surface area contributed by atoms with Gasteiger partial charge >= 0.3 is 80.9 Å². The van der Waals surface area contributed by atoms with Crippen LogP contribution < -0.4 is 91.2 Å². The van der Waals surface area contributed by atoms with E-state index in [1.807, 2.05) is 6.92 Å². The van der Waals surface area contributed by atoms with E-state index in [1.54, 1.807) is 0 Å². The van der Waals surface area contributed by atoms with Crippen LogP contribution >= 0.6 is 0 Å². The topological polar surface area (TPSA) is 141 Å². The summed E-state index contributed by atoms with van der Waals surface area (Å²) in [6.45, 7) is 2.25. The summed E-state index contributed by atoms with van der Waals surface area (Å²) in [7, 11) is 0. The summed E-state index contributed by atoms with van der Waals surface area (Å²) in [6, 6.07) is 0. The van der Waals surface area contributed by atoms with Gasteiger partial charge in [0.2, 0.25) is 0 Å². The second-order valence-corrected chi connectivity index (χ2v) is 2.25. The Bertz CT molecular complexity index is 170. The van der Waals surface area contributed by atoms with E-state index in [2.05, 4.69) is 0 Å². The summed E-state index contributed by atoms with van der Waals surface area (Å²) >= 11 is 0. The van der Waals surface area contributed by atoms with E-state index in [1.165, 1.54) is 0 Å². The first-order valence-electron chi connectivity index (χ1n) is 3.77. The molecule has 16 heavy (non-hydrogen) atoms. The molecule has 0 aliphatic heterocycles. The molecular formula is C7H12KNaO7. The third kappa shape index (κ3) is 15.5. The van der Waals surface area contributed by atoms with Crippen molar-refractivity contribution in [3.05, 3.63) is 0 Å². The smallest absolute Gasteiger partial charge is 0.547 e. The van der Waals surface area contributed by atoms with Crippen LogP contribution in [0.2, 0.25) is 0 Å². The van der Waals surface area contributed by atoms with Crippen molar-refractivity contribution in [1.82, 2.24) is 0 Å². The number of aliphatic hydroxyl groups is 3. The van der Waals surface area contributed by atoms with E-state index in [9.17, 15) is 19.8 Å². The summed E-state index contributed by atoms with van der Waals surface area (Å²) in [6.07, 6.45) is -4.00. The van der Waals surface area contributed by atoms with E-state index >= 15 is 0 Å². The van der Waals surface area contributed by atoms with Crippen LogP contribution in [-0.4, -0.2) is 46.1 Å². The number of aliphatic hydroxyl groups excluding tert-OH is 3. The Hall–Kier alpha value is 1.46. The van der Waals surface area contributed by atoms with E-state index in [4.69, 9.17) is 15.3 Å². The zero-order valence-electron chi connectivity index (χ0n) is 9.54. The Labute approximate surface area is 158 Å². The average Bonchev–Trinajstić information content (AvgIpc) is 2.15. The first-order chi connectivity index (χ1) is 6.38. The molecule has 9 heteroatoms. The van der Waals surface area contributed by atoms with Gasteiger partial charge in [-0.1, -0.05) is 6.92 Å². The number of aliphatic carboxylic acids is 2. The molecule has 0 aromatic carbocycles. The Morgan fingerprint density at radius 1 is 1.12 bits per heavy atom. The van der Waals surface area contributed by atoms with Crippen LogP contribution in [0.15, 0.2) is 0 Å². The van der Waals surface area contributed by atoms with E-state index in [0.29, 0.717) is 6.61 Å². The largest absolute Gasteiger partial charge is 1.00 e. The van der Waals surface area contributed by atoms with Gasteiger partial charge in [0.05, 0.1) is 11.9 Å². The van der Waals surface area contributed by atoms with Crippen LogP contribution in [0.5, 0.6) is 0 Å². The Balaban J connectivity index is -0.000000105.